The molecule has 0 bridgehead atoms. The molecule has 2 aromatic rings. The molecule has 2 amide bonds. The van der Waals surface area contributed by atoms with Crippen molar-refractivity contribution in [2.24, 2.45) is 0 Å². The average molecular weight is 351 g/mol. The maximum absolute atomic E-state index is 12.7. The van der Waals surface area contributed by atoms with Gasteiger partial charge in [0.25, 0.3) is 6.43 Å². The summed E-state index contributed by atoms with van der Waals surface area (Å²) in [5, 5.41) is 2.84. The number of benzene rings is 1. The van der Waals surface area contributed by atoms with E-state index in [9.17, 15) is 13.6 Å². The summed E-state index contributed by atoms with van der Waals surface area (Å²) in [4.78, 5) is 23.0. The van der Waals surface area contributed by atoms with E-state index in [1.807, 2.05) is 0 Å². The lowest BCUT2D eigenvalue weighted by Crippen LogP contribution is -2.39. The molecule has 6 nitrogen and oxygen atoms in total. The number of nitrogens with one attached hydrogen (secondary N) is 2. The van der Waals surface area contributed by atoms with Gasteiger partial charge in [-0.05, 0) is 37.7 Å². The standard InChI is InChI=1S/C17H23F2N5O/c1-3-23(4-2)12-7-8-24(10-12)17(25)20-11-5-6-13-14(9-11)22-16(21-13)15(18)19/h5-6,9,12,15H,3-4,7-8,10H2,1-2H3,(H,20,25)(H,21,22)/t12-/m0/s1. The van der Waals surface area contributed by atoms with Crippen LogP contribution in [0.5, 0.6) is 0 Å². The molecule has 3 rings (SSSR count). The predicted octanol–water partition coefficient (Wildman–Crippen LogP) is 3.45. The van der Waals surface area contributed by atoms with E-state index in [0.717, 1.165) is 26.1 Å². The summed E-state index contributed by atoms with van der Waals surface area (Å²) in [7, 11) is 0. The van der Waals surface area contributed by atoms with Gasteiger partial charge in [0.05, 0.1) is 11.0 Å². The molecule has 0 aliphatic carbocycles. The first-order valence-electron chi connectivity index (χ1n) is 8.59. The maximum atomic E-state index is 12.7. The predicted molar refractivity (Wildman–Crippen MR) is 93.0 cm³/mol. The average Bonchev–Trinajstić information content (AvgIpc) is 3.22. The van der Waals surface area contributed by atoms with Crippen LogP contribution in [0, 0.1) is 0 Å². The van der Waals surface area contributed by atoms with E-state index in [1.54, 1.807) is 23.1 Å². The quantitative estimate of drug-likeness (QED) is 0.867. The number of fused-ring (bicyclic) bond motifs is 1. The van der Waals surface area contributed by atoms with Crippen molar-refractivity contribution in [3.8, 4) is 0 Å². The minimum atomic E-state index is -2.65. The monoisotopic (exact) mass is 351 g/mol. The molecule has 1 aliphatic heterocycles. The number of urea groups is 1. The Kier molecular flexibility index (Phi) is 5.17. The molecule has 2 N–H and O–H groups in total. The van der Waals surface area contributed by atoms with Gasteiger partial charge in [0, 0.05) is 24.8 Å². The van der Waals surface area contributed by atoms with Gasteiger partial charge in [-0.1, -0.05) is 13.8 Å². The Balaban J connectivity index is 1.66. The largest absolute Gasteiger partial charge is 0.337 e. The Labute approximate surface area is 145 Å². The van der Waals surface area contributed by atoms with Crippen LogP contribution < -0.4 is 5.32 Å². The molecule has 25 heavy (non-hydrogen) atoms. The lowest BCUT2D eigenvalue weighted by molar-refractivity contribution is 0.142. The first-order chi connectivity index (χ1) is 12.0. The van der Waals surface area contributed by atoms with Gasteiger partial charge < -0.3 is 15.2 Å². The number of nitrogens with zero attached hydrogens (tertiary/aromatic N) is 3. The second-order valence-electron chi connectivity index (χ2n) is 6.19. The Hall–Kier alpha value is -2.22. The fourth-order valence-electron chi connectivity index (χ4n) is 3.38. The van der Waals surface area contributed by atoms with Crippen LogP contribution in [0.25, 0.3) is 11.0 Å². The van der Waals surface area contributed by atoms with E-state index in [0.29, 0.717) is 29.3 Å². The van der Waals surface area contributed by atoms with Crippen LogP contribution in [-0.4, -0.2) is 58.0 Å². The number of hydrogen-bond donors (Lipinski definition) is 2. The number of aromatic nitrogens is 2. The zero-order chi connectivity index (χ0) is 18.0. The molecule has 1 aromatic heterocycles. The summed E-state index contributed by atoms with van der Waals surface area (Å²) in [5.74, 6) is -0.361. The third-order valence-corrected chi connectivity index (χ3v) is 4.74. The summed E-state index contributed by atoms with van der Waals surface area (Å²) < 4.78 is 25.4. The van der Waals surface area contributed by atoms with Crippen LogP contribution in [0.15, 0.2) is 18.2 Å². The number of H-pyrrole nitrogens is 1. The first-order valence-corrected chi connectivity index (χ1v) is 8.59. The Morgan fingerprint density at radius 3 is 2.88 bits per heavy atom. The molecule has 1 atom stereocenters. The lowest BCUT2D eigenvalue weighted by Gasteiger charge is -2.26. The number of likely N-dealkylation sites (N-methyl/N-ethyl adjacent to an activating group) is 1. The van der Waals surface area contributed by atoms with Gasteiger partial charge in [0.1, 0.15) is 0 Å². The van der Waals surface area contributed by atoms with Gasteiger partial charge in [-0.25, -0.2) is 18.6 Å². The molecular weight excluding hydrogens is 328 g/mol. The van der Waals surface area contributed by atoms with Crippen LogP contribution in [-0.2, 0) is 0 Å². The first kappa shape index (κ1) is 17.6. The molecule has 0 saturated carbocycles. The highest BCUT2D eigenvalue weighted by Gasteiger charge is 2.29. The molecule has 136 valence electrons. The number of carbonyl (C=O) groups excluding carboxylic acids is 1. The number of aromatic amines is 1. The highest BCUT2D eigenvalue weighted by molar-refractivity contribution is 5.92. The third kappa shape index (κ3) is 3.73. The summed E-state index contributed by atoms with van der Waals surface area (Å²) >= 11 is 0. The second-order valence-corrected chi connectivity index (χ2v) is 6.19. The van der Waals surface area contributed by atoms with Crippen molar-refractivity contribution in [1.82, 2.24) is 19.8 Å². The van der Waals surface area contributed by atoms with E-state index in [2.05, 4.69) is 34.0 Å². The summed E-state index contributed by atoms with van der Waals surface area (Å²) in [6.07, 6.45) is -1.68. The maximum Gasteiger partial charge on any atom is 0.321 e. The Bertz CT molecular complexity index is 744. The van der Waals surface area contributed by atoms with E-state index in [-0.39, 0.29) is 11.9 Å². The van der Waals surface area contributed by atoms with E-state index < -0.39 is 6.43 Å². The summed E-state index contributed by atoms with van der Waals surface area (Å²) in [5.41, 5.74) is 1.50. The van der Waals surface area contributed by atoms with Gasteiger partial charge in [-0.3, -0.25) is 4.90 Å². The Morgan fingerprint density at radius 2 is 2.20 bits per heavy atom. The molecule has 1 fully saturated rings. The topological polar surface area (TPSA) is 64.3 Å². The van der Waals surface area contributed by atoms with E-state index in [4.69, 9.17) is 0 Å². The van der Waals surface area contributed by atoms with Gasteiger partial charge in [-0.2, -0.15) is 0 Å². The molecule has 0 spiro atoms. The molecule has 8 heteroatoms. The fraction of sp³-hybridized carbons (Fsp3) is 0.529. The van der Waals surface area contributed by atoms with Crippen LogP contribution in [0.3, 0.4) is 0 Å². The van der Waals surface area contributed by atoms with Gasteiger partial charge in [-0.15, -0.1) is 0 Å². The number of alkyl halides is 2. The Morgan fingerprint density at radius 1 is 1.44 bits per heavy atom. The van der Waals surface area contributed by atoms with E-state index >= 15 is 0 Å². The van der Waals surface area contributed by atoms with Crippen molar-refractivity contribution in [3.05, 3.63) is 24.0 Å². The molecule has 1 aliphatic rings. The van der Waals surface area contributed by atoms with Crippen molar-refractivity contribution in [2.45, 2.75) is 32.7 Å². The number of likely N-dealkylation sites (tertiary alicyclic amines) is 1. The van der Waals surface area contributed by atoms with Crippen LogP contribution in [0.2, 0.25) is 0 Å². The van der Waals surface area contributed by atoms with Gasteiger partial charge >= 0.3 is 6.03 Å². The van der Waals surface area contributed by atoms with Gasteiger partial charge in [0.2, 0.25) is 0 Å². The molecule has 1 saturated heterocycles. The number of halogens is 2. The fourth-order valence-corrected chi connectivity index (χ4v) is 3.38. The van der Waals surface area contributed by atoms with Crippen molar-refractivity contribution >= 4 is 22.8 Å². The van der Waals surface area contributed by atoms with Crippen molar-refractivity contribution in [2.75, 3.05) is 31.5 Å². The number of carbonyl (C=O) groups is 1. The number of anilines is 1. The molecular formula is C17H23F2N5O. The number of imidazole rings is 1. The smallest absolute Gasteiger partial charge is 0.321 e. The minimum Gasteiger partial charge on any atom is -0.337 e. The van der Waals surface area contributed by atoms with Crippen molar-refractivity contribution in [1.29, 1.82) is 0 Å². The van der Waals surface area contributed by atoms with Crippen LogP contribution >= 0.6 is 0 Å². The molecule has 1 aromatic carbocycles. The lowest BCUT2D eigenvalue weighted by atomic mass is 10.2. The summed E-state index contributed by atoms with van der Waals surface area (Å²) in [6, 6.07) is 5.15. The number of hydrogen-bond acceptors (Lipinski definition) is 3. The highest BCUT2D eigenvalue weighted by Crippen LogP contribution is 2.23. The molecule has 0 unspecified atom stereocenters. The van der Waals surface area contributed by atoms with Gasteiger partial charge in [0.15, 0.2) is 5.82 Å². The minimum absolute atomic E-state index is 0.164. The SMILES string of the molecule is CCN(CC)[C@H]1CCN(C(=O)Nc2ccc3nc(C(F)F)[nH]c3c2)C1. The number of rotatable bonds is 5. The van der Waals surface area contributed by atoms with Crippen LogP contribution in [0.1, 0.15) is 32.5 Å². The zero-order valence-electron chi connectivity index (χ0n) is 14.4. The molecule has 2 heterocycles. The zero-order valence-corrected chi connectivity index (χ0v) is 14.4. The summed E-state index contributed by atoms with van der Waals surface area (Å²) in [6.45, 7) is 7.61. The third-order valence-electron chi connectivity index (χ3n) is 4.74. The highest BCUT2D eigenvalue weighted by atomic mass is 19.3. The van der Waals surface area contributed by atoms with Crippen molar-refractivity contribution < 1.29 is 13.6 Å². The normalized spacial score (nSPS) is 17.8. The second kappa shape index (κ2) is 7.35. The molecule has 0 radical (unpaired) electrons. The van der Waals surface area contributed by atoms with Crippen LogP contribution in [0.4, 0.5) is 19.3 Å². The number of amides is 2. The van der Waals surface area contributed by atoms with E-state index in [1.165, 1.54) is 0 Å². The van der Waals surface area contributed by atoms with Crippen molar-refractivity contribution in [3.63, 3.8) is 0 Å².